The van der Waals surface area contributed by atoms with Crippen LogP contribution in [0.4, 0.5) is 4.79 Å². The summed E-state index contributed by atoms with van der Waals surface area (Å²) in [5.74, 6) is 0. The molecule has 0 spiro atoms. The minimum absolute atomic E-state index is 0.237. The van der Waals surface area contributed by atoms with E-state index >= 15 is 0 Å². The van der Waals surface area contributed by atoms with Gasteiger partial charge in [0, 0.05) is 32.7 Å². The predicted molar refractivity (Wildman–Crippen MR) is 50.6 cm³/mol. The lowest BCUT2D eigenvalue weighted by Gasteiger charge is -2.33. The molecule has 0 unspecified atom stereocenters. The summed E-state index contributed by atoms with van der Waals surface area (Å²) < 4.78 is 0. The Morgan fingerprint density at radius 2 is 2.15 bits per heavy atom. The molecule has 2 aliphatic rings. The van der Waals surface area contributed by atoms with Gasteiger partial charge in [0.15, 0.2) is 0 Å². The van der Waals surface area contributed by atoms with Gasteiger partial charge in [-0.3, -0.25) is 0 Å². The molecular weight excluding hydrogens is 166 g/mol. The molecule has 2 heterocycles. The van der Waals surface area contributed by atoms with Crippen LogP contribution in [0.3, 0.4) is 0 Å². The van der Waals surface area contributed by atoms with Gasteiger partial charge < -0.3 is 14.7 Å². The fourth-order valence-corrected chi connectivity index (χ4v) is 2.20. The summed E-state index contributed by atoms with van der Waals surface area (Å²) in [6.45, 7) is 6.74. The van der Waals surface area contributed by atoms with E-state index in [0.717, 1.165) is 32.7 Å². The molecule has 4 heteroatoms. The van der Waals surface area contributed by atoms with Crippen LogP contribution in [0.1, 0.15) is 6.92 Å². The number of carbonyl (C=O) groups is 1. The Hall–Kier alpha value is -0.770. The summed E-state index contributed by atoms with van der Waals surface area (Å²) in [6.07, 6.45) is 0. The van der Waals surface area contributed by atoms with Gasteiger partial charge in [-0.1, -0.05) is 0 Å². The number of carbonyl (C=O) groups excluding carboxylic acids is 1. The van der Waals surface area contributed by atoms with E-state index in [1.54, 1.807) is 0 Å². The highest BCUT2D eigenvalue weighted by atomic mass is 16.2. The fraction of sp³-hybridized carbons (Fsp3) is 0.889. The van der Waals surface area contributed by atoms with E-state index in [-0.39, 0.29) is 6.03 Å². The Morgan fingerprint density at radius 1 is 1.38 bits per heavy atom. The lowest BCUT2D eigenvalue weighted by Crippen LogP contribution is -2.50. The minimum Gasteiger partial charge on any atom is -0.323 e. The highest BCUT2D eigenvalue weighted by Gasteiger charge is 2.38. The number of likely N-dealkylation sites (N-methyl/N-ethyl adjacent to an activating group) is 2. The van der Waals surface area contributed by atoms with Crippen LogP contribution in [0.2, 0.25) is 0 Å². The molecule has 2 rings (SSSR count). The molecule has 0 saturated carbocycles. The van der Waals surface area contributed by atoms with E-state index in [1.165, 1.54) is 0 Å². The molecule has 0 N–H and O–H groups in total. The zero-order chi connectivity index (χ0) is 9.42. The SMILES string of the molecule is CCN1C[C@H]2CN(C)CCN2C1=O. The van der Waals surface area contributed by atoms with Crippen LogP contribution in [0.25, 0.3) is 0 Å². The number of hydrogen-bond acceptors (Lipinski definition) is 2. The maximum atomic E-state index is 11.7. The van der Waals surface area contributed by atoms with Gasteiger partial charge in [0.05, 0.1) is 6.04 Å². The van der Waals surface area contributed by atoms with Crippen molar-refractivity contribution in [1.82, 2.24) is 14.7 Å². The molecule has 0 aromatic heterocycles. The van der Waals surface area contributed by atoms with Crippen molar-refractivity contribution in [2.75, 3.05) is 39.8 Å². The monoisotopic (exact) mass is 183 g/mol. The van der Waals surface area contributed by atoms with Crippen LogP contribution < -0.4 is 0 Å². The van der Waals surface area contributed by atoms with Crippen molar-refractivity contribution in [2.24, 2.45) is 0 Å². The van der Waals surface area contributed by atoms with Crippen LogP contribution in [0, 0.1) is 0 Å². The van der Waals surface area contributed by atoms with E-state index in [2.05, 4.69) is 11.9 Å². The number of nitrogens with zero attached hydrogens (tertiary/aromatic N) is 3. The second-order valence-electron chi connectivity index (χ2n) is 3.93. The highest BCUT2D eigenvalue weighted by molar-refractivity contribution is 5.77. The molecule has 1 atom stereocenters. The molecule has 13 heavy (non-hydrogen) atoms. The Balaban J connectivity index is 2.07. The van der Waals surface area contributed by atoms with Crippen molar-refractivity contribution in [3.63, 3.8) is 0 Å². The largest absolute Gasteiger partial charge is 0.323 e. The van der Waals surface area contributed by atoms with Crippen LogP contribution in [0.15, 0.2) is 0 Å². The minimum atomic E-state index is 0.237. The quantitative estimate of drug-likeness (QED) is 0.574. The molecule has 2 amide bonds. The average Bonchev–Trinajstić information content (AvgIpc) is 2.42. The Labute approximate surface area is 79.1 Å². The second kappa shape index (κ2) is 3.18. The standard InChI is InChI=1S/C9H17N3O/c1-3-11-7-8-6-10(2)4-5-12(8)9(11)13/h8H,3-7H2,1-2H3/t8-/m1/s1. The molecule has 0 aliphatic carbocycles. The Kier molecular flexibility index (Phi) is 2.15. The smallest absolute Gasteiger partial charge is 0.320 e. The van der Waals surface area contributed by atoms with Crippen molar-refractivity contribution in [3.05, 3.63) is 0 Å². The van der Waals surface area contributed by atoms with E-state index < -0.39 is 0 Å². The lowest BCUT2D eigenvalue weighted by atomic mass is 10.2. The van der Waals surface area contributed by atoms with Crippen LogP contribution in [-0.4, -0.2) is 66.5 Å². The Morgan fingerprint density at radius 3 is 2.85 bits per heavy atom. The Bertz CT molecular complexity index is 219. The molecule has 2 fully saturated rings. The van der Waals surface area contributed by atoms with E-state index in [4.69, 9.17) is 0 Å². The zero-order valence-electron chi connectivity index (χ0n) is 8.36. The molecule has 0 aromatic carbocycles. The fourth-order valence-electron chi connectivity index (χ4n) is 2.20. The first kappa shape index (κ1) is 8.81. The lowest BCUT2D eigenvalue weighted by molar-refractivity contribution is 0.138. The van der Waals surface area contributed by atoms with Gasteiger partial charge in [-0.25, -0.2) is 4.79 Å². The molecule has 4 nitrogen and oxygen atoms in total. The number of piperazine rings is 1. The first-order valence-electron chi connectivity index (χ1n) is 4.96. The second-order valence-corrected chi connectivity index (χ2v) is 3.93. The summed E-state index contributed by atoms with van der Waals surface area (Å²) in [6, 6.07) is 0.673. The summed E-state index contributed by atoms with van der Waals surface area (Å²) in [5.41, 5.74) is 0. The van der Waals surface area contributed by atoms with Crippen molar-refractivity contribution in [2.45, 2.75) is 13.0 Å². The third-order valence-electron chi connectivity index (χ3n) is 3.01. The maximum Gasteiger partial charge on any atom is 0.320 e. The predicted octanol–water partition coefficient (Wildman–Crippen LogP) is 0.0579. The highest BCUT2D eigenvalue weighted by Crippen LogP contribution is 2.19. The maximum absolute atomic E-state index is 11.7. The summed E-state index contributed by atoms with van der Waals surface area (Å²) in [4.78, 5) is 18.0. The van der Waals surface area contributed by atoms with Crippen LogP contribution in [0.5, 0.6) is 0 Å². The van der Waals surface area contributed by atoms with Gasteiger partial charge in [-0.2, -0.15) is 0 Å². The molecule has 2 saturated heterocycles. The first-order chi connectivity index (χ1) is 6.22. The van der Waals surface area contributed by atoms with Gasteiger partial charge >= 0.3 is 6.03 Å². The molecule has 74 valence electrons. The van der Waals surface area contributed by atoms with Crippen molar-refractivity contribution < 1.29 is 4.79 Å². The van der Waals surface area contributed by atoms with Gasteiger partial charge in [-0.05, 0) is 14.0 Å². The number of fused-ring (bicyclic) bond motifs is 1. The van der Waals surface area contributed by atoms with Crippen molar-refractivity contribution in [1.29, 1.82) is 0 Å². The van der Waals surface area contributed by atoms with E-state index in [1.807, 2.05) is 16.7 Å². The van der Waals surface area contributed by atoms with Crippen molar-refractivity contribution >= 4 is 6.03 Å². The number of amides is 2. The molecule has 2 aliphatic heterocycles. The topological polar surface area (TPSA) is 26.8 Å². The molecule has 0 aromatic rings. The molecule has 0 radical (unpaired) electrons. The average molecular weight is 183 g/mol. The first-order valence-corrected chi connectivity index (χ1v) is 4.96. The normalized spacial score (nSPS) is 29.7. The van der Waals surface area contributed by atoms with Gasteiger partial charge in [0.2, 0.25) is 0 Å². The van der Waals surface area contributed by atoms with Gasteiger partial charge in [0.25, 0.3) is 0 Å². The van der Waals surface area contributed by atoms with Gasteiger partial charge in [-0.15, -0.1) is 0 Å². The van der Waals surface area contributed by atoms with E-state index in [9.17, 15) is 4.79 Å². The molecule has 0 bridgehead atoms. The number of urea groups is 1. The number of hydrogen-bond donors (Lipinski definition) is 0. The zero-order valence-corrected chi connectivity index (χ0v) is 8.36. The van der Waals surface area contributed by atoms with Crippen LogP contribution >= 0.6 is 0 Å². The third kappa shape index (κ3) is 1.39. The number of rotatable bonds is 1. The summed E-state index contributed by atoms with van der Waals surface area (Å²) in [7, 11) is 2.12. The third-order valence-corrected chi connectivity index (χ3v) is 3.01. The summed E-state index contributed by atoms with van der Waals surface area (Å²) in [5, 5.41) is 0. The van der Waals surface area contributed by atoms with Gasteiger partial charge in [0.1, 0.15) is 0 Å². The summed E-state index contributed by atoms with van der Waals surface area (Å²) >= 11 is 0. The van der Waals surface area contributed by atoms with Crippen molar-refractivity contribution in [3.8, 4) is 0 Å². The van der Waals surface area contributed by atoms with Crippen LogP contribution in [-0.2, 0) is 0 Å². The molecular formula is C9H17N3O. The van der Waals surface area contributed by atoms with E-state index in [0.29, 0.717) is 6.04 Å².